The molecule has 0 spiro atoms. The summed E-state index contributed by atoms with van der Waals surface area (Å²) >= 11 is 0. The van der Waals surface area contributed by atoms with Crippen LogP contribution in [0.4, 0.5) is 0 Å². The first-order valence-electron chi connectivity index (χ1n) is 5.93. The molecule has 2 heteroatoms. The number of hydrogen-bond acceptors (Lipinski definition) is 1. The van der Waals surface area contributed by atoms with Gasteiger partial charge >= 0.3 is 0 Å². The highest BCUT2D eigenvalue weighted by atomic mass is 16.1. The lowest BCUT2D eigenvalue weighted by atomic mass is 10.0. The molecular weight excluding hydrogens is 222 g/mol. The van der Waals surface area contributed by atoms with Gasteiger partial charge in [-0.2, -0.15) is 0 Å². The van der Waals surface area contributed by atoms with Gasteiger partial charge in [-0.05, 0) is 17.2 Å². The smallest absolute Gasteiger partial charge is 0.242 e. The van der Waals surface area contributed by atoms with E-state index < -0.39 is 0 Å². The molecule has 0 atom stereocenters. The Bertz CT molecular complexity index is 548. The molecule has 0 unspecified atom stereocenters. The van der Waals surface area contributed by atoms with E-state index in [4.69, 9.17) is 0 Å². The largest absolute Gasteiger partial charge is 0.273 e. The minimum Gasteiger partial charge on any atom is -0.273 e. The van der Waals surface area contributed by atoms with Crippen molar-refractivity contribution in [1.29, 1.82) is 0 Å². The Balaban J connectivity index is 2.14. The van der Waals surface area contributed by atoms with Crippen LogP contribution in [0.1, 0.15) is 18.9 Å². The average Bonchev–Trinajstić information content (AvgIpc) is 2.37. The van der Waals surface area contributed by atoms with Crippen LogP contribution in [0, 0.1) is 0 Å². The number of nitrogens with zero attached hydrogens (tertiary/aromatic N) is 1. The first-order chi connectivity index (χ1) is 8.74. The SMILES string of the molecule is CC(=O)N=C1C=C(C=Cc2ccccc2)C=CC1. The molecule has 90 valence electrons. The minimum absolute atomic E-state index is 0.150. The molecule has 1 aliphatic rings. The molecule has 0 aromatic heterocycles. The van der Waals surface area contributed by atoms with Crippen molar-refractivity contribution >= 4 is 17.7 Å². The van der Waals surface area contributed by atoms with Crippen molar-refractivity contribution in [3.05, 3.63) is 65.8 Å². The number of carbonyl (C=O) groups excluding carboxylic acids is 1. The van der Waals surface area contributed by atoms with E-state index in [0.29, 0.717) is 0 Å². The standard InChI is InChI=1S/C16H15NO/c1-13(18)17-16-9-5-8-15(12-16)11-10-14-6-3-2-4-7-14/h2-8,10-12H,9H2,1H3. The maximum absolute atomic E-state index is 10.9. The Labute approximate surface area is 107 Å². The number of rotatable bonds is 2. The van der Waals surface area contributed by atoms with E-state index in [1.165, 1.54) is 6.92 Å². The van der Waals surface area contributed by atoms with Gasteiger partial charge in [0.05, 0.1) is 0 Å². The first-order valence-corrected chi connectivity index (χ1v) is 5.93. The molecule has 0 N–H and O–H groups in total. The molecule has 1 aliphatic carbocycles. The normalized spacial score (nSPS) is 17.2. The number of carbonyl (C=O) groups is 1. The van der Waals surface area contributed by atoms with E-state index in [1.54, 1.807) is 0 Å². The van der Waals surface area contributed by atoms with Gasteiger partial charge in [0.25, 0.3) is 0 Å². The lowest BCUT2D eigenvalue weighted by molar-refractivity contribution is -0.115. The van der Waals surface area contributed by atoms with Gasteiger partial charge in [0, 0.05) is 19.1 Å². The lowest BCUT2D eigenvalue weighted by Gasteiger charge is -2.04. The zero-order valence-corrected chi connectivity index (χ0v) is 10.3. The van der Waals surface area contributed by atoms with Crippen LogP contribution in [-0.4, -0.2) is 11.6 Å². The van der Waals surface area contributed by atoms with Gasteiger partial charge in [-0.1, -0.05) is 54.6 Å². The molecular formula is C16H15NO. The Morgan fingerprint density at radius 2 is 2.00 bits per heavy atom. The molecule has 0 radical (unpaired) electrons. The van der Waals surface area contributed by atoms with Gasteiger partial charge in [-0.3, -0.25) is 4.79 Å². The monoisotopic (exact) mass is 237 g/mol. The summed E-state index contributed by atoms with van der Waals surface area (Å²) in [7, 11) is 0. The Kier molecular flexibility index (Phi) is 4.02. The number of allylic oxidation sites excluding steroid dienone is 5. The summed E-state index contributed by atoms with van der Waals surface area (Å²) in [5.41, 5.74) is 3.03. The molecule has 1 aromatic rings. The zero-order valence-electron chi connectivity index (χ0n) is 10.3. The molecule has 0 bridgehead atoms. The fourth-order valence-electron chi connectivity index (χ4n) is 1.76. The van der Waals surface area contributed by atoms with Crippen molar-refractivity contribution in [1.82, 2.24) is 0 Å². The molecule has 0 heterocycles. The zero-order chi connectivity index (χ0) is 12.8. The molecule has 1 amide bonds. The van der Waals surface area contributed by atoms with Gasteiger partial charge in [0.15, 0.2) is 0 Å². The molecule has 2 rings (SSSR count). The summed E-state index contributed by atoms with van der Waals surface area (Å²) in [4.78, 5) is 14.9. The van der Waals surface area contributed by atoms with Crippen molar-refractivity contribution in [3.63, 3.8) is 0 Å². The molecule has 18 heavy (non-hydrogen) atoms. The predicted molar refractivity (Wildman–Crippen MR) is 75.4 cm³/mol. The van der Waals surface area contributed by atoms with Crippen LogP contribution in [0.3, 0.4) is 0 Å². The molecule has 0 saturated carbocycles. The quantitative estimate of drug-likeness (QED) is 0.773. The van der Waals surface area contributed by atoms with Gasteiger partial charge < -0.3 is 0 Å². The van der Waals surface area contributed by atoms with Gasteiger partial charge in [0.1, 0.15) is 0 Å². The number of aliphatic imine (C=N–C) groups is 1. The second kappa shape index (κ2) is 5.92. The molecule has 0 saturated heterocycles. The first kappa shape index (κ1) is 12.2. The maximum Gasteiger partial charge on any atom is 0.242 e. The van der Waals surface area contributed by atoms with E-state index in [9.17, 15) is 4.79 Å². The van der Waals surface area contributed by atoms with Crippen molar-refractivity contribution in [2.24, 2.45) is 4.99 Å². The third-order valence-corrected chi connectivity index (χ3v) is 2.54. The topological polar surface area (TPSA) is 29.4 Å². The van der Waals surface area contributed by atoms with E-state index in [2.05, 4.69) is 4.99 Å². The second-order valence-electron chi connectivity index (χ2n) is 4.12. The van der Waals surface area contributed by atoms with Gasteiger partial charge in [-0.25, -0.2) is 4.99 Å². The fraction of sp³-hybridized carbons (Fsp3) is 0.125. The molecule has 0 fully saturated rings. The number of benzene rings is 1. The number of hydrogen-bond donors (Lipinski definition) is 0. The van der Waals surface area contributed by atoms with Crippen molar-refractivity contribution in [2.45, 2.75) is 13.3 Å². The van der Waals surface area contributed by atoms with Crippen molar-refractivity contribution < 1.29 is 4.79 Å². The van der Waals surface area contributed by atoms with Crippen LogP contribution in [0.25, 0.3) is 6.08 Å². The highest BCUT2D eigenvalue weighted by Gasteiger charge is 2.01. The van der Waals surface area contributed by atoms with Crippen molar-refractivity contribution in [2.75, 3.05) is 0 Å². The van der Waals surface area contributed by atoms with E-state index >= 15 is 0 Å². The van der Waals surface area contributed by atoms with Crippen LogP contribution >= 0.6 is 0 Å². The third kappa shape index (κ3) is 3.67. The minimum atomic E-state index is -0.150. The third-order valence-electron chi connectivity index (χ3n) is 2.54. The Morgan fingerprint density at radius 3 is 2.72 bits per heavy atom. The van der Waals surface area contributed by atoms with Crippen LogP contribution < -0.4 is 0 Å². The molecule has 0 aliphatic heterocycles. The highest BCUT2D eigenvalue weighted by Crippen LogP contribution is 2.12. The summed E-state index contributed by atoms with van der Waals surface area (Å²) in [6.45, 7) is 1.47. The Morgan fingerprint density at radius 1 is 1.22 bits per heavy atom. The van der Waals surface area contributed by atoms with Crippen LogP contribution in [0.2, 0.25) is 0 Å². The lowest BCUT2D eigenvalue weighted by Crippen LogP contribution is -2.00. The van der Waals surface area contributed by atoms with Crippen LogP contribution in [0.5, 0.6) is 0 Å². The summed E-state index contributed by atoms with van der Waals surface area (Å²) in [5.74, 6) is -0.150. The van der Waals surface area contributed by atoms with E-state index in [0.717, 1.165) is 23.3 Å². The van der Waals surface area contributed by atoms with Gasteiger partial charge in [-0.15, -0.1) is 0 Å². The summed E-state index contributed by atoms with van der Waals surface area (Å²) < 4.78 is 0. The summed E-state index contributed by atoms with van der Waals surface area (Å²) in [5, 5.41) is 0. The predicted octanol–water partition coefficient (Wildman–Crippen LogP) is 3.57. The van der Waals surface area contributed by atoms with Gasteiger partial charge in [0.2, 0.25) is 5.91 Å². The summed E-state index contributed by atoms with van der Waals surface area (Å²) in [6, 6.07) is 10.1. The second-order valence-corrected chi connectivity index (χ2v) is 4.12. The molecule has 2 nitrogen and oxygen atoms in total. The number of amides is 1. The van der Waals surface area contributed by atoms with Crippen molar-refractivity contribution in [3.8, 4) is 0 Å². The van der Waals surface area contributed by atoms with Crippen LogP contribution in [0.15, 0.2) is 65.2 Å². The average molecular weight is 237 g/mol. The molecule has 1 aromatic carbocycles. The maximum atomic E-state index is 10.9. The summed E-state index contributed by atoms with van der Waals surface area (Å²) in [6.07, 6.45) is 10.8. The Hall–Kier alpha value is -2.22. The van der Waals surface area contributed by atoms with E-state index in [1.807, 2.05) is 60.7 Å². The van der Waals surface area contributed by atoms with E-state index in [-0.39, 0.29) is 5.91 Å². The van der Waals surface area contributed by atoms with Crippen LogP contribution in [-0.2, 0) is 4.79 Å². The fourth-order valence-corrected chi connectivity index (χ4v) is 1.76. The highest BCUT2D eigenvalue weighted by molar-refractivity contribution is 6.04.